The summed E-state index contributed by atoms with van der Waals surface area (Å²) >= 11 is 0. The highest BCUT2D eigenvalue weighted by atomic mass is 32.2. The molecule has 19 heavy (non-hydrogen) atoms. The van der Waals surface area contributed by atoms with E-state index >= 15 is 0 Å². The van der Waals surface area contributed by atoms with Crippen molar-refractivity contribution in [1.82, 2.24) is 4.72 Å². The Morgan fingerprint density at radius 1 is 1.32 bits per heavy atom. The molecule has 0 unspecified atom stereocenters. The van der Waals surface area contributed by atoms with E-state index in [4.69, 9.17) is 15.9 Å². The largest absolute Gasteiger partial charge is 0.399 e. The Kier molecular flexibility index (Phi) is 4.46. The first-order chi connectivity index (χ1) is 8.65. The zero-order chi connectivity index (χ0) is 14.8. The van der Waals surface area contributed by atoms with Crippen molar-refractivity contribution in [2.75, 3.05) is 18.9 Å². The van der Waals surface area contributed by atoms with E-state index in [0.717, 1.165) is 6.07 Å². The third kappa shape index (κ3) is 3.38. The number of nitrogens with one attached hydrogen (secondary N) is 1. The van der Waals surface area contributed by atoms with Gasteiger partial charge in [0.2, 0.25) is 10.0 Å². The molecule has 1 rings (SSSR count). The van der Waals surface area contributed by atoms with E-state index in [9.17, 15) is 17.2 Å². The van der Waals surface area contributed by atoms with Gasteiger partial charge >= 0.3 is 0 Å². The first kappa shape index (κ1) is 15.8. The Bertz CT molecular complexity index is 573. The molecular formula is C10H14F2N2O4S. The van der Waals surface area contributed by atoms with Gasteiger partial charge in [0.25, 0.3) is 0 Å². The van der Waals surface area contributed by atoms with Gasteiger partial charge in [-0.15, -0.1) is 0 Å². The molecule has 0 fully saturated rings. The summed E-state index contributed by atoms with van der Waals surface area (Å²) in [7, 11) is -4.48. The van der Waals surface area contributed by atoms with Crippen LogP contribution in [0.3, 0.4) is 0 Å². The average Bonchev–Trinajstić information content (AvgIpc) is 2.32. The molecule has 0 saturated heterocycles. The number of rotatable bonds is 5. The quantitative estimate of drug-likeness (QED) is 0.551. The molecule has 1 aromatic carbocycles. The maximum atomic E-state index is 13.5. The Hall–Kier alpha value is -1.29. The van der Waals surface area contributed by atoms with Crippen molar-refractivity contribution >= 4 is 15.7 Å². The highest BCUT2D eigenvalue weighted by molar-refractivity contribution is 7.89. The number of sulfonamides is 1. The predicted octanol–water partition coefficient (Wildman–Crippen LogP) is -0.431. The standard InChI is InChI=1S/C10H14F2N2O4S/c1-10(4-15,5-16)14-19(17,18)8-3-6(13)2-7(11)9(8)12/h2-3,14-16H,4-5,13H2,1H3. The molecule has 0 aliphatic rings. The van der Waals surface area contributed by atoms with Crippen LogP contribution in [0.4, 0.5) is 14.5 Å². The van der Waals surface area contributed by atoms with Crippen molar-refractivity contribution in [3.05, 3.63) is 23.8 Å². The number of aliphatic hydroxyl groups is 2. The second kappa shape index (κ2) is 5.37. The Labute approximate surface area is 108 Å². The first-order valence-corrected chi connectivity index (χ1v) is 6.64. The summed E-state index contributed by atoms with van der Waals surface area (Å²) in [6.45, 7) is -0.255. The van der Waals surface area contributed by atoms with Gasteiger partial charge in [-0.2, -0.15) is 0 Å². The normalized spacial score (nSPS) is 12.7. The topological polar surface area (TPSA) is 113 Å². The minimum absolute atomic E-state index is 0.269. The molecule has 0 amide bonds. The van der Waals surface area contributed by atoms with Crippen molar-refractivity contribution in [2.45, 2.75) is 17.4 Å². The van der Waals surface area contributed by atoms with E-state index < -0.39 is 45.3 Å². The molecule has 5 N–H and O–H groups in total. The highest BCUT2D eigenvalue weighted by Crippen LogP contribution is 2.22. The molecule has 0 aliphatic heterocycles. The number of nitrogen functional groups attached to an aromatic ring is 1. The molecule has 9 heteroatoms. The van der Waals surface area contributed by atoms with Crippen molar-refractivity contribution in [3.8, 4) is 0 Å². The maximum Gasteiger partial charge on any atom is 0.244 e. The second-order valence-corrected chi connectivity index (χ2v) is 5.95. The van der Waals surface area contributed by atoms with E-state index in [1.807, 2.05) is 4.72 Å². The average molecular weight is 296 g/mol. The van der Waals surface area contributed by atoms with Crippen LogP contribution in [-0.2, 0) is 10.0 Å². The van der Waals surface area contributed by atoms with Crippen LogP contribution in [-0.4, -0.2) is 37.4 Å². The smallest absolute Gasteiger partial charge is 0.244 e. The van der Waals surface area contributed by atoms with E-state index in [1.165, 1.54) is 6.92 Å². The van der Waals surface area contributed by atoms with Gasteiger partial charge in [-0.3, -0.25) is 0 Å². The molecular weight excluding hydrogens is 282 g/mol. The number of aliphatic hydroxyl groups excluding tert-OH is 2. The van der Waals surface area contributed by atoms with Crippen LogP contribution >= 0.6 is 0 Å². The lowest BCUT2D eigenvalue weighted by molar-refractivity contribution is 0.121. The number of nitrogens with two attached hydrogens (primary N) is 1. The molecule has 0 atom stereocenters. The molecule has 6 nitrogen and oxygen atoms in total. The molecule has 0 bridgehead atoms. The van der Waals surface area contributed by atoms with E-state index in [-0.39, 0.29) is 5.69 Å². The van der Waals surface area contributed by atoms with Crippen molar-refractivity contribution in [2.24, 2.45) is 0 Å². The van der Waals surface area contributed by atoms with Gasteiger partial charge < -0.3 is 15.9 Å². The van der Waals surface area contributed by atoms with Crippen LogP contribution in [0.1, 0.15) is 6.92 Å². The molecule has 0 heterocycles. The van der Waals surface area contributed by atoms with Gasteiger partial charge in [0.1, 0.15) is 4.90 Å². The van der Waals surface area contributed by atoms with E-state index in [2.05, 4.69) is 0 Å². The zero-order valence-corrected chi connectivity index (χ0v) is 10.8. The summed E-state index contributed by atoms with van der Waals surface area (Å²) < 4.78 is 52.3. The zero-order valence-electron chi connectivity index (χ0n) is 10.0. The monoisotopic (exact) mass is 296 g/mol. The van der Waals surface area contributed by atoms with Gasteiger partial charge in [0, 0.05) is 5.69 Å². The van der Waals surface area contributed by atoms with E-state index in [0.29, 0.717) is 6.07 Å². The van der Waals surface area contributed by atoms with Crippen LogP contribution in [0.5, 0.6) is 0 Å². The van der Waals surface area contributed by atoms with Gasteiger partial charge in [-0.05, 0) is 19.1 Å². The molecule has 0 radical (unpaired) electrons. The summed E-state index contributed by atoms with van der Waals surface area (Å²) in [5.74, 6) is -2.99. The summed E-state index contributed by atoms with van der Waals surface area (Å²) in [5, 5.41) is 18.0. The minimum atomic E-state index is -4.48. The summed E-state index contributed by atoms with van der Waals surface area (Å²) in [6.07, 6.45) is 0. The summed E-state index contributed by atoms with van der Waals surface area (Å²) in [5.41, 5.74) is 3.38. The van der Waals surface area contributed by atoms with Crippen molar-refractivity contribution in [3.63, 3.8) is 0 Å². The number of hydrogen-bond donors (Lipinski definition) is 4. The minimum Gasteiger partial charge on any atom is -0.399 e. The van der Waals surface area contributed by atoms with Crippen LogP contribution in [0, 0.1) is 11.6 Å². The molecule has 1 aromatic rings. The number of anilines is 1. The lowest BCUT2D eigenvalue weighted by Gasteiger charge is -2.25. The molecule has 0 aliphatic carbocycles. The molecule has 108 valence electrons. The molecule has 0 aromatic heterocycles. The van der Waals surface area contributed by atoms with Crippen LogP contribution < -0.4 is 10.5 Å². The van der Waals surface area contributed by atoms with E-state index in [1.54, 1.807) is 0 Å². The summed E-state index contributed by atoms with van der Waals surface area (Å²) in [6, 6.07) is 1.39. The van der Waals surface area contributed by atoms with Gasteiger partial charge in [-0.1, -0.05) is 0 Å². The Morgan fingerprint density at radius 3 is 2.32 bits per heavy atom. The van der Waals surface area contributed by atoms with Crippen LogP contribution in [0.15, 0.2) is 17.0 Å². The third-order valence-electron chi connectivity index (χ3n) is 2.39. The highest BCUT2D eigenvalue weighted by Gasteiger charge is 2.32. The summed E-state index contributed by atoms with van der Waals surface area (Å²) in [4.78, 5) is -0.988. The fourth-order valence-electron chi connectivity index (χ4n) is 1.27. The lowest BCUT2D eigenvalue weighted by atomic mass is 10.1. The number of halogens is 2. The number of benzene rings is 1. The predicted molar refractivity (Wildman–Crippen MR) is 63.7 cm³/mol. The fraction of sp³-hybridized carbons (Fsp3) is 0.400. The van der Waals surface area contributed by atoms with Gasteiger partial charge in [-0.25, -0.2) is 21.9 Å². The first-order valence-electron chi connectivity index (χ1n) is 5.15. The fourth-order valence-corrected chi connectivity index (χ4v) is 2.79. The maximum absolute atomic E-state index is 13.5. The Morgan fingerprint density at radius 2 is 1.84 bits per heavy atom. The Balaban J connectivity index is 3.29. The van der Waals surface area contributed by atoms with Crippen LogP contribution in [0.25, 0.3) is 0 Å². The second-order valence-electron chi connectivity index (χ2n) is 4.30. The lowest BCUT2D eigenvalue weighted by Crippen LogP contribution is -2.51. The van der Waals surface area contributed by atoms with Crippen molar-refractivity contribution < 1.29 is 27.4 Å². The third-order valence-corrected chi connectivity index (χ3v) is 4.02. The molecule has 0 saturated carbocycles. The molecule has 0 spiro atoms. The van der Waals surface area contributed by atoms with Crippen molar-refractivity contribution in [1.29, 1.82) is 0 Å². The SMILES string of the molecule is CC(CO)(CO)NS(=O)(=O)c1cc(N)cc(F)c1F. The van der Waals surface area contributed by atoms with Gasteiger partial charge in [0.05, 0.1) is 18.8 Å². The van der Waals surface area contributed by atoms with Crippen LogP contribution in [0.2, 0.25) is 0 Å². The van der Waals surface area contributed by atoms with Gasteiger partial charge in [0.15, 0.2) is 11.6 Å². The number of hydrogen-bond acceptors (Lipinski definition) is 5.